The largest absolute Gasteiger partial charge is 0.493 e. The molecule has 2 amide bonds. The third kappa shape index (κ3) is 7.40. The second kappa shape index (κ2) is 11.5. The monoisotopic (exact) mass is 454 g/mol. The molecule has 1 unspecified atom stereocenters. The Morgan fingerprint density at radius 2 is 1.74 bits per heavy atom. The van der Waals surface area contributed by atoms with Crippen LogP contribution in [0.15, 0.2) is 42.5 Å². The Hall–Kier alpha value is -2.87. The van der Waals surface area contributed by atoms with Crippen LogP contribution >= 0.6 is 11.6 Å². The fourth-order valence-electron chi connectivity index (χ4n) is 2.87. The molecule has 0 heterocycles. The van der Waals surface area contributed by atoms with E-state index in [0.717, 1.165) is 0 Å². The first kappa shape index (κ1) is 24.4. The minimum absolute atomic E-state index is 0.0726. The van der Waals surface area contributed by atoms with Crippen molar-refractivity contribution in [1.29, 1.82) is 0 Å². The van der Waals surface area contributed by atoms with Crippen LogP contribution in [-0.2, 0) is 11.2 Å². The summed E-state index contributed by atoms with van der Waals surface area (Å²) in [7, 11) is 1.36. The van der Waals surface area contributed by atoms with Crippen LogP contribution in [-0.4, -0.2) is 38.1 Å². The summed E-state index contributed by atoms with van der Waals surface area (Å²) in [5, 5.41) is 6.01. The summed E-state index contributed by atoms with van der Waals surface area (Å²) in [5.41, 5.74) is 1.08. The van der Waals surface area contributed by atoms with Crippen LogP contribution in [0.25, 0.3) is 0 Å². The third-order valence-corrected chi connectivity index (χ3v) is 4.75. The number of hydrogen-bond donors (Lipinski definition) is 2. The number of carbonyl (C=O) groups is 2. The predicted molar refractivity (Wildman–Crippen MR) is 114 cm³/mol. The molecule has 0 aliphatic heterocycles. The van der Waals surface area contributed by atoms with Gasteiger partial charge in [-0.15, -0.1) is 0 Å². The van der Waals surface area contributed by atoms with Crippen molar-refractivity contribution in [3.8, 4) is 11.5 Å². The van der Waals surface area contributed by atoms with Gasteiger partial charge in [0.05, 0.1) is 7.11 Å². The Kier molecular flexibility index (Phi) is 9.05. The summed E-state index contributed by atoms with van der Waals surface area (Å²) < 4.78 is 34.6. The van der Waals surface area contributed by atoms with E-state index in [9.17, 15) is 18.4 Å². The van der Waals surface area contributed by atoms with E-state index in [1.54, 1.807) is 30.3 Å². The van der Waals surface area contributed by atoms with Crippen LogP contribution in [0.4, 0.5) is 8.78 Å². The number of halogens is 3. The van der Waals surface area contributed by atoms with Crippen molar-refractivity contribution < 1.29 is 27.8 Å². The molecule has 0 aromatic heterocycles. The summed E-state index contributed by atoms with van der Waals surface area (Å²) in [6.07, 6.45) is 0.380. The lowest BCUT2D eigenvalue weighted by Gasteiger charge is -2.22. The highest BCUT2D eigenvalue weighted by molar-refractivity contribution is 6.30. The van der Waals surface area contributed by atoms with E-state index < -0.39 is 12.7 Å². The van der Waals surface area contributed by atoms with Crippen molar-refractivity contribution in [2.45, 2.75) is 32.9 Å². The first-order valence-electron chi connectivity index (χ1n) is 9.67. The molecular weight excluding hydrogens is 430 g/mol. The molecule has 0 aliphatic rings. The summed E-state index contributed by atoms with van der Waals surface area (Å²) >= 11 is 5.83. The number of hydrogen-bond acceptors (Lipinski definition) is 4. The summed E-state index contributed by atoms with van der Waals surface area (Å²) in [4.78, 5) is 25.1. The van der Waals surface area contributed by atoms with Gasteiger partial charge in [0.25, 0.3) is 5.91 Å². The Balaban J connectivity index is 1.96. The number of alkyl halides is 2. The topological polar surface area (TPSA) is 76.7 Å². The van der Waals surface area contributed by atoms with Gasteiger partial charge in [-0.3, -0.25) is 9.59 Å². The normalized spacial score (nSPS) is 11.9. The minimum atomic E-state index is -2.97. The average molecular weight is 455 g/mol. The molecule has 0 radical (unpaired) electrons. The van der Waals surface area contributed by atoms with Crippen LogP contribution in [0.1, 0.15) is 29.8 Å². The molecule has 0 spiro atoms. The molecule has 2 N–H and O–H groups in total. The Labute approximate surface area is 184 Å². The molecular formula is C22H25ClF2N2O4. The molecule has 9 heteroatoms. The van der Waals surface area contributed by atoms with Gasteiger partial charge in [-0.05, 0) is 54.3 Å². The van der Waals surface area contributed by atoms with Gasteiger partial charge in [0, 0.05) is 17.1 Å². The molecule has 0 bridgehead atoms. The van der Waals surface area contributed by atoms with E-state index in [2.05, 4.69) is 15.4 Å². The average Bonchev–Trinajstić information content (AvgIpc) is 2.71. The van der Waals surface area contributed by atoms with Crippen LogP contribution in [0.2, 0.25) is 5.02 Å². The molecule has 0 aliphatic carbocycles. The lowest BCUT2D eigenvalue weighted by molar-refractivity contribution is -0.123. The lowest BCUT2D eigenvalue weighted by atomic mass is 10.0. The van der Waals surface area contributed by atoms with E-state index >= 15 is 0 Å². The fourth-order valence-corrected chi connectivity index (χ4v) is 2.99. The zero-order valence-electron chi connectivity index (χ0n) is 17.5. The number of rotatable bonds is 10. The standard InChI is InChI=1S/C22H25ClF2N2O4/c1-13(2)19(27-20(28)15-5-7-16(23)8-6-15)21(29)26-11-10-14-4-9-17(30-3)18(12-14)31-22(24)25/h4-9,12-13,19,22H,10-11H2,1-3H3,(H,26,29)(H,27,28). The number of carbonyl (C=O) groups excluding carboxylic acids is 2. The smallest absolute Gasteiger partial charge is 0.387 e. The van der Waals surface area contributed by atoms with Gasteiger partial charge >= 0.3 is 6.61 Å². The number of methoxy groups -OCH3 is 1. The van der Waals surface area contributed by atoms with E-state index in [1.165, 1.54) is 19.2 Å². The van der Waals surface area contributed by atoms with Gasteiger partial charge in [-0.1, -0.05) is 31.5 Å². The quantitative estimate of drug-likeness (QED) is 0.567. The summed E-state index contributed by atoms with van der Waals surface area (Å²) in [5.74, 6) is -0.748. The number of ether oxygens (including phenoxy) is 2. The van der Waals surface area contributed by atoms with Crippen LogP contribution in [0.3, 0.4) is 0 Å². The maximum absolute atomic E-state index is 12.6. The molecule has 168 valence electrons. The second-order valence-corrected chi connectivity index (χ2v) is 7.54. The van der Waals surface area contributed by atoms with Gasteiger partial charge in [0.2, 0.25) is 5.91 Å². The van der Waals surface area contributed by atoms with Crippen molar-refractivity contribution in [3.05, 3.63) is 58.6 Å². The maximum Gasteiger partial charge on any atom is 0.387 e. The Bertz CT molecular complexity index is 892. The first-order valence-corrected chi connectivity index (χ1v) is 10.0. The van der Waals surface area contributed by atoms with Crippen molar-refractivity contribution in [3.63, 3.8) is 0 Å². The van der Waals surface area contributed by atoms with Gasteiger partial charge in [0.15, 0.2) is 11.5 Å². The Morgan fingerprint density at radius 1 is 1.06 bits per heavy atom. The van der Waals surface area contributed by atoms with Crippen molar-refractivity contribution in [2.75, 3.05) is 13.7 Å². The third-order valence-electron chi connectivity index (χ3n) is 4.50. The van der Waals surface area contributed by atoms with Gasteiger partial charge in [-0.2, -0.15) is 8.78 Å². The van der Waals surface area contributed by atoms with E-state index in [4.69, 9.17) is 16.3 Å². The predicted octanol–water partition coefficient (Wildman–Crippen LogP) is 4.06. The number of benzene rings is 2. The highest BCUT2D eigenvalue weighted by atomic mass is 35.5. The van der Waals surface area contributed by atoms with E-state index in [-0.39, 0.29) is 35.8 Å². The molecule has 31 heavy (non-hydrogen) atoms. The summed E-state index contributed by atoms with van der Waals surface area (Å²) in [6.45, 7) is 0.923. The van der Waals surface area contributed by atoms with Crippen molar-refractivity contribution in [2.24, 2.45) is 5.92 Å². The summed E-state index contributed by atoms with van der Waals surface area (Å²) in [6, 6.07) is 10.3. The molecule has 0 saturated carbocycles. The molecule has 6 nitrogen and oxygen atoms in total. The van der Waals surface area contributed by atoms with Gasteiger partial charge < -0.3 is 20.1 Å². The molecule has 0 saturated heterocycles. The van der Waals surface area contributed by atoms with Gasteiger partial charge in [-0.25, -0.2) is 0 Å². The molecule has 1 atom stereocenters. The van der Waals surface area contributed by atoms with E-state index in [0.29, 0.717) is 22.6 Å². The van der Waals surface area contributed by atoms with Gasteiger partial charge in [0.1, 0.15) is 6.04 Å². The highest BCUT2D eigenvalue weighted by Crippen LogP contribution is 2.29. The zero-order valence-corrected chi connectivity index (χ0v) is 18.2. The van der Waals surface area contributed by atoms with Crippen LogP contribution < -0.4 is 20.1 Å². The molecule has 2 rings (SSSR count). The first-order chi connectivity index (χ1) is 14.7. The maximum atomic E-state index is 12.6. The van der Waals surface area contributed by atoms with Crippen molar-refractivity contribution >= 4 is 23.4 Å². The SMILES string of the molecule is COc1ccc(CCNC(=O)C(NC(=O)c2ccc(Cl)cc2)C(C)C)cc1OC(F)F. The van der Waals surface area contributed by atoms with Crippen molar-refractivity contribution in [1.82, 2.24) is 10.6 Å². The highest BCUT2D eigenvalue weighted by Gasteiger charge is 2.24. The zero-order chi connectivity index (χ0) is 23.0. The second-order valence-electron chi connectivity index (χ2n) is 7.11. The minimum Gasteiger partial charge on any atom is -0.493 e. The van der Waals surface area contributed by atoms with Crippen LogP contribution in [0, 0.1) is 5.92 Å². The van der Waals surface area contributed by atoms with E-state index in [1.807, 2.05) is 13.8 Å². The van der Waals surface area contributed by atoms with Crippen LogP contribution in [0.5, 0.6) is 11.5 Å². The number of nitrogens with one attached hydrogen (secondary N) is 2. The Morgan fingerprint density at radius 3 is 2.32 bits per heavy atom. The molecule has 2 aromatic carbocycles. The number of amides is 2. The lowest BCUT2D eigenvalue weighted by Crippen LogP contribution is -2.50. The molecule has 2 aromatic rings. The fraction of sp³-hybridized carbons (Fsp3) is 0.364. The molecule has 0 fully saturated rings.